The van der Waals surface area contributed by atoms with Crippen molar-refractivity contribution in [2.45, 2.75) is 38.5 Å². The number of carbonyl (C=O) groups is 1. The van der Waals surface area contributed by atoms with Gasteiger partial charge in [0.2, 0.25) is 5.91 Å². The molecular weight excluding hydrogens is 206 g/mol. The predicted octanol–water partition coefficient (Wildman–Crippen LogP) is 0.819. The Kier molecular flexibility index (Phi) is 3.03. The van der Waals surface area contributed by atoms with Gasteiger partial charge < -0.3 is 16.3 Å². The summed E-state index contributed by atoms with van der Waals surface area (Å²) in [5.74, 6) is 0.624. The Balaban J connectivity index is 1.90. The third-order valence-electron chi connectivity index (χ3n) is 4.02. The molecule has 2 rings (SSSR count). The van der Waals surface area contributed by atoms with Crippen molar-refractivity contribution in [3.63, 3.8) is 0 Å². The lowest BCUT2D eigenvalue weighted by Gasteiger charge is -2.39. The quantitative estimate of drug-likeness (QED) is 0.286. The molecule has 0 aromatic heterocycles. The molecule has 0 aliphatic heterocycles. The highest BCUT2D eigenvalue weighted by atomic mass is 16.4. The molecular formula is C11H19N3O2. The lowest BCUT2D eigenvalue weighted by Crippen LogP contribution is -2.54. The van der Waals surface area contributed by atoms with E-state index in [4.69, 9.17) is 10.9 Å². The van der Waals surface area contributed by atoms with Crippen LogP contribution in [0.2, 0.25) is 0 Å². The molecule has 0 unspecified atom stereocenters. The fourth-order valence-corrected chi connectivity index (χ4v) is 2.33. The number of nitrogens with zero attached hydrogens (tertiary/aromatic N) is 1. The summed E-state index contributed by atoms with van der Waals surface area (Å²) in [6.45, 7) is 0.735. The zero-order valence-corrected chi connectivity index (χ0v) is 9.41. The van der Waals surface area contributed by atoms with Gasteiger partial charge in [0.15, 0.2) is 5.84 Å². The average molecular weight is 225 g/mol. The van der Waals surface area contributed by atoms with Crippen LogP contribution in [0.25, 0.3) is 0 Å². The van der Waals surface area contributed by atoms with Crippen LogP contribution in [0.5, 0.6) is 0 Å². The van der Waals surface area contributed by atoms with Gasteiger partial charge in [-0.1, -0.05) is 18.0 Å². The maximum absolute atomic E-state index is 12.0. The summed E-state index contributed by atoms with van der Waals surface area (Å²) in [6.07, 6.45) is 6.03. The van der Waals surface area contributed by atoms with Gasteiger partial charge in [0, 0.05) is 6.54 Å². The molecule has 0 heterocycles. The number of nitrogens with one attached hydrogen (secondary N) is 1. The standard InChI is InChI=1S/C11H19N3O2/c12-9(14-16)11(5-2-6-11)10(15)13-7-8-3-1-4-8/h8,16H,1-7H2,(H2,12,14)(H,13,15). The van der Waals surface area contributed by atoms with Gasteiger partial charge in [-0.25, -0.2) is 0 Å². The van der Waals surface area contributed by atoms with Crippen LogP contribution in [0.4, 0.5) is 0 Å². The smallest absolute Gasteiger partial charge is 0.233 e. The van der Waals surface area contributed by atoms with Gasteiger partial charge in [-0.3, -0.25) is 4.79 Å². The first-order valence-corrected chi connectivity index (χ1v) is 5.95. The molecule has 0 spiro atoms. The van der Waals surface area contributed by atoms with Crippen molar-refractivity contribution >= 4 is 11.7 Å². The van der Waals surface area contributed by atoms with Crippen LogP contribution < -0.4 is 11.1 Å². The molecule has 1 amide bonds. The minimum absolute atomic E-state index is 0.0601. The Labute approximate surface area is 95.1 Å². The minimum atomic E-state index is -0.724. The van der Waals surface area contributed by atoms with E-state index in [1.807, 2.05) is 0 Å². The van der Waals surface area contributed by atoms with Gasteiger partial charge in [0.1, 0.15) is 5.41 Å². The molecule has 2 fully saturated rings. The molecule has 4 N–H and O–H groups in total. The minimum Gasteiger partial charge on any atom is -0.409 e. The summed E-state index contributed by atoms with van der Waals surface area (Å²) in [5.41, 5.74) is 4.88. The summed E-state index contributed by atoms with van der Waals surface area (Å²) in [4.78, 5) is 12.0. The second kappa shape index (κ2) is 4.31. The third kappa shape index (κ3) is 1.74. The monoisotopic (exact) mass is 225 g/mol. The van der Waals surface area contributed by atoms with Crippen LogP contribution in [0.15, 0.2) is 5.16 Å². The van der Waals surface area contributed by atoms with Crippen LogP contribution in [-0.2, 0) is 4.79 Å². The zero-order chi connectivity index (χ0) is 11.6. The van der Waals surface area contributed by atoms with Crippen LogP contribution in [0, 0.1) is 11.3 Å². The maximum Gasteiger partial charge on any atom is 0.233 e. The third-order valence-corrected chi connectivity index (χ3v) is 4.02. The van der Waals surface area contributed by atoms with E-state index < -0.39 is 5.41 Å². The Bertz CT molecular complexity index is 306. The number of hydrogen-bond acceptors (Lipinski definition) is 3. The molecule has 90 valence electrons. The summed E-state index contributed by atoms with van der Waals surface area (Å²) in [5, 5.41) is 14.6. The van der Waals surface area contributed by atoms with Gasteiger partial charge >= 0.3 is 0 Å². The molecule has 0 bridgehead atoms. The Hall–Kier alpha value is -1.26. The van der Waals surface area contributed by atoms with Gasteiger partial charge in [-0.05, 0) is 31.6 Å². The van der Waals surface area contributed by atoms with Gasteiger partial charge in [-0.2, -0.15) is 0 Å². The highest BCUT2D eigenvalue weighted by Gasteiger charge is 2.48. The maximum atomic E-state index is 12.0. The molecule has 0 aromatic rings. The van der Waals surface area contributed by atoms with Crippen LogP contribution in [-0.4, -0.2) is 23.5 Å². The number of oxime groups is 1. The van der Waals surface area contributed by atoms with Gasteiger partial charge in [-0.15, -0.1) is 0 Å². The van der Waals surface area contributed by atoms with E-state index in [1.165, 1.54) is 19.3 Å². The molecule has 16 heavy (non-hydrogen) atoms. The summed E-state index contributed by atoms with van der Waals surface area (Å²) in [7, 11) is 0. The lowest BCUT2D eigenvalue weighted by atomic mass is 9.67. The first-order chi connectivity index (χ1) is 7.69. The van der Waals surface area contributed by atoms with E-state index in [1.54, 1.807) is 0 Å². The van der Waals surface area contributed by atoms with E-state index in [0.29, 0.717) is 18.8 Å². The first kappa shape index (κ1) is 11.2. The van der Waals surface area contributed by atoms with E-state index in [9.17, 15) is 4.79 Å². The van der Waals surface area contributed by atoms with E-state index >= 15 is 0 Å². The fourth-order valence-electron chi connectivity index (χ4n) is 2.33. The number of carbonyl (C=O) groups excluding carboxylic acids is 1. The van der Waals surface area contributed by atoms with E-state index in [-0.39, 0.29) is 11.7 Å². The normalized spacial score (nSPS) is 24.4. The number of amidine groups is 1. The molecule has 5 heteroatoms. The fraction of sp³-hybridized carbons (Fsp3) is 0.818. The van der Waals surface area contributed by atoms with E-state index in [2.05, 4.69) is 10.5 Å². The number of rotatable bonds is 4. The topological polar surface area (TPSA) is 87.7 Å². The molecule has 0 atom stereocenters. The lowest BCUT2D eigenvalue weighted by molar-refractivity contribution is -0.131. The Morgan fingerprint density at radius 3 is 2.50 bits per heavy atom. The van der Waals surface area contributed by atoms with Crippen LogP contribution >= 0.6 is 0 Å². The second-order valence-electron chi connectivity index (χ2n) is 4.93. The van der Waals surface area contributed by atoms with Crippen molar-refractivity contribution in [3.8, 4) is 0 Å². The van der Waals surface area contributed by atoms with Gasteiger partial charge in [0.25, 0.3) is 0 Å². The molecule has 2 aliphatic rings. The summed E-state index contributed by atoms with van der Waals surface area (Å²) >= 11 is 0. The van der Waals surface area contributed by atoms with Crippen molar-refractivity contribution in [1.29, 1.82) is 0 Å². The van der Waals surface area contributed by atoms with Crippen molar-refractivity contribution in [1.82, 2.24) is 5.32 Å². The van der Waals surface area contributed by atoms with Crippen molar-refractivity contribution < 1.29 is 10.0 Å². The second-order valence-corrected chi connectivity index (χ2v) is 4.93. The average Bonchev–Trinajstić information content (AvgIpc) is 2.13. The molecule has 5 nitrogen and oxygen atoms in total. The summed E-state index contributed by atoms with van der Waals surface area (Å²) < 4.78 is 0. The highest BCUT2D eigenvalue weighted by Crippen LogP contribution is 2.41. The molecule has 0 radical (unpaired) electrons. The molecule has 0 aromatic carbocycles. The zero-order valence-electron chi connectivity index (χ0n) is 9.41. The van der Waals surface area contributed by atoms with Gasteiger partial charge in [0.05, 0.1) is 0 Å². The molecule has 2 saturated carbocycles. The number of hydrogen-bond donors (Lipinski definition) is 3. The number of amides is 1. The first-order valence-electron chi connectivity index (χ1n) is 5.95. The number of nitrogens with two attached hydrogens (primary N) is 1. The summed E-state index contributed by atoms with van der Waals surface area (Å²) in [6, 6.07) is 0. The Morgan fingerprint density at radius 2 is 2.12 bits per heavy atom. The van der Waals surface area contributed by atoms with Crippen LogP contribution in [0.3, 0.4) is 0 Å². The highest BCUT2D eigenvalue weighted by molar-refractivity contribution is 6.07. The predicted molar refractivity (Wildman–Crippen MR) is 60.0 cm³/mol. The SMILES string of the molecule is NC(=NO)C1(C(=O)NCC2CCC2)CCC1. The molecule has 2 aliphatic carbocycles. The molecule has 0 saturated heterocycles. The van der Waals surface area contributed by atoms with E-state index in [0.717, 1.165) is 13.0 Å². The van der Waals surface area contributed by atoms with Crippen molar-refractivity contribution in [3.05, 3.63) is 0 Å². The van der Waals surface area contributed by atoms with Crippen LogP contribution in [0.1, 0.15) is 38.5 Å². The largest absolute Gasteiger partial charge is 0.409 e. The Morgan fingerprint density at radius 1 is 1.44 bits per heavy atom. The van der Waals surface area contributed by atoms with Crippen molar-refractivity contribution in [2.75, 3.05) is 6.54 Å². The van der Waals surface area contributed by atoms with Crippen molar-refractivity contribution in [2.24, 2.45) is 22.2 Å².